The molecule has 0 amide bonds. The second-order valence-electron chi connectivity index (χ2n) is 4.90. The molecule has 0 unspecified atom stereocenters. The zero-order valence-electron chi connectivity index (χ0n) is 11.3. The first-order chi connectivity index (χ1) is 6.85. The van der Waals surface area contributed by atoms with E-state index in [2.05, 4.69) is 48.6 Å². The average molecular weight is 232 g/mol. The SMILES string of the molecule is CNC(NC)(NCC(C)C)C(C)(C)N[SiH3]. The van der Waals surface area contributed by atoms with Crippen molar-refractivity contribution >= 4 is 10.4 Å². The van der Waals surface area contributed by atoms with E-state index in [1.807, 2.05) is 14.1 Å². The minimum absolute atomic E-state index is 0.0301. The van der Waals surface area contributed by atoms with Gasteiger partial charge in [-0.05, 0) is 33.9 Å². The molecule has 0 aromatic heterocycles. The minimum atomic E-state index is -0.265. The van der Waals surface area contributed by atoms with Gasteiger partial charge in [-0.3, -0.25) is 16.0 Å². The molecule has 0 spiro atoms. The molecule has 0 rings (SSSR count). The maximum atomic E-state index is 3.56. The Bertz CT molecular complexity index is 178. The number of likely N-dealkylation sites (N-methyl/N-ethyl adjacent to an activating group) is 2. The van der Waals surface area contributed by atoms with E-state index in [0.717, 1.165) is 16.9 Å². The molecule has 0 aromatic rings. The highest BCUT2D eigenvalue weighted by molar-refractivity contribution is 6.04. The molecular weight excluding hydrogens is 204 g/mol. The third kappa shape index (κ3) is 3.53. The van der Waals surface area contributed by atoms with Crippen LogP contribution in [0.5, 0.6) is 0 Å². The lowest BCUT2D eigenvalue weighted by molar-refractivity contribution is 0.110. The zero-order chi connectivity index (χ0) is 12.1. The third-order valence-electron chi connectivity index (χ3n) is 3.09. The molecule has 0 bridgehead atoms. The van der Waals surface area contributed by atoms with Crippen molar-refractivity contribution in [2.24, 2.45) is 5.92 Å². The van der Waals surface area contributed by atoms with Gasteiger partial charge in [0.15, 0.2) is 0 Å². The van der Waals surface area contributed by atoms with Gasteiger partial charge in [-0.2, -0.15) is 0 Å². The summed E-state index contributed by atoms with van der Waals surface area (Å²) in [5, 5.41) is 10.3. The number of hydrogen-bond acceptors (Lipinski definition) is 4. The lowest BCUT2D eigenvalue weighted by atomic mass is 9.95. The van der Waals surface area contributed by atoms with Crippen LogP contribution in [0.2, 0.25) is 0 Å². The predicted octanol–water partition coefficient (Wildman–Crippen LogP) is -1.03. The summed E-state index contributed by atoms with van der Waals surface area (Å²) in [5.41, 5.74) is -0.0301. The second-order valence-corrected chi connectivity index (χ2v) is 5.40. The van der Waals surface area contributed by atoms with Crippen molar-refractivity contribution in [3.63, 3.8) is 0 Å². The van der Waals surface area contributed by atoms with Crippen LogP contribution >= 0.6 is 0 Å². The summed E-state index contributed by atoms with van der Waals surface area (Å²) < 4.78 is 0. The fourth-order valence-corrected chi connectivity index (χ4v) is 2.07. The number of nitrogens with one attached hydrogen (secondary N) is 4. The maximum Gasteiger partial charge on any atom is 0.140 e. The summed E-state index contributed by atoms with van der Waals surface area (Å²) in [6, 6.07) is 0. The normalized spacial score (nSPS) is 13.8. The highest BCUT2D eigenvalue weighted by atomic mass is 28.2. The van der Waals surface area contributed by atoms with Gasteiger partial charge >= 0.3 is 0 Å². The Balaban J connectivity index is 4.72. The number of rotatable bonds is 7. The third-order valence-corrected chi connectivity index (χ3v) is 4.34. The lowest BCUT2D eigenvalue weighted by Gasteiger charge is -2.47. The summed E-state index contributed by atoms with van der Waals surface area (Å²) in [6.45, 7) is 9.80. The van der Waals surface area contributed by atoms with Gasteiger partial charge in [0.1, 0.15) is 5.79 Å². The summed E-state index contributed by atoms with van der Waals surface area (Å²) in [7, 11) is 4.92. The molecule has 0 saturated heterocycles. The molecule has 5 heteroatoms. The molecular formula is C10H28N4Si. The molecule has 0 aromatic carbocycles. The van der Waals surface area contributed by atoms with E-state index < -0.39 is 0 Å². The predicted molar refractivity (Wildman–Crippen MR) is 70.8 cm³/mol. The average Bonchev–Trinajstić information content (AvgIpc) is 2.19. The molecule has 0 saturated carbocycles. The zero-order valence-corrected chi connectivity index (χ0v) is 13.3. The molecule has 0 aliphatic heterocycles. The second kappa shape index (κ2) is 5.96. The van der Waals surface area contributed by atoms with Crippen molar-refractivity contribution in [3.05, 3.63) is 0 Å². The Morgan fingerprint density at radius 1 is 1.13 bits per heavy atom. The molecule has 4 N–H and O–H groups in total. The highest BCUT2D eigenvalue weighted by Gasteiger charge is 2.41. The van der Waals surface area contributed by atoms with Crippen molar-refractivity contribution in [1.82, 2.24) is 20.9 Å². The molecule has 0 heterocycles. The van der Waals surface area contributed by atoms with E-state index in [0.29, 0.717) is 5.92 Å². The smallest absolute Gasteiger partial charge is 0.140 e. The summed E-state index contributed by atoms with van der Waals surface area (Å²) in [6.07, 6.45) is 0. The quantitative estimate of drug-likeness (QED) is 0.335. The minimum Gasteiger partial charge on any atom is -0.337 e. The Morgan fingerprint density at radius 3 is 1.87 bits per heavy atom. The first kappa shape index (κ1) is 15.1. The van der Waals surface area contributed by atoms with Crippen LogP contribution in [-0.2, 0) is 0 Å². The summed E-state index contributed by atoms with van der Waals surface area (Å²) in [4.78, 5) is 3.46. The van der Waals surface area contributed by atoms with Crippen molar-refractivity contribution in [3.8, 4) is 0 Å². The standard InChI is InChI=1S/C10H28N4Si/c1-8(2)7-13-10(11-5,12-6)9(3,4)14-15/h8,11-14H,7H2,1-6,15H3. The van der Waals surface area contributed by atoms with E-state index in [1.54, 1.807) is 0 Å². The van der Waals surface area contributed by atoms with Crippen LogP contribution in [0.4, 0.5) is 0 Å². The highest BCUT2D eigenvalue weighted by Crippen LogP contribution is 2.15. The fourth-order valence-electron chi connectivity index (χ4n) is 1.69. The summed E-state index contributed by atoms with van der Waals surface area (Å²) in [5.74, 6) is 0.370. The first-order valence-corrected chi connectivity index (χ1v) is 6.67. The van der Waals surface area contributed by atoms with E-state index >= 15 is 0 Å². The van der Waals surface area contributed by atoms with E-state index in [1.165, 1.54) is 0 Å². The van der Waals surface area contributed by atoms with Crippen LogP contribution in [0.3, 0.4) is 0 Å². The maximum absolute atomic E-state index is 3.56. The van der Waals surface area contributed by atoms with Gasteiger partial charge < -0.3 is 4.98 Å². The van der Waals surface area contributed by atoms with Gasteiger partial charge in [0, 0.05) is 6.54 Å². The molecule has 0 aliphatic rings. The molecule has 0 fully saturated rings. The van der Waals surface area contributed by atoms with Crippen molar-refractivity contribution in [2.45, 2.75) is 39.0 Å². The van der Waals surface area contributed by atoms with Gasteiger partial charge in [-0.15, -0.1) is 0 Å². The van der Waals surface area contributed by atoms with Crippen LogP contribution in [0.15, 0.2) is 0 Å². The first-order valence-electron chi connectivity index (χ1n) is 5.67. The van der Waals surface area contributed by atoms with E-state index in [9.17, 15) is 0 Å². The largest absolute Gasteiger partial charge is 0.337 e. The topological polar surface area (TPSA) is 48.1 Å². The van der Waals surface area contributed by atoms with Crippen LogP contribution in [0, 0.1) is 5.92 Å². The van der Waals surface area contributed by atoms with Gasteiger partial charge in [0.05, 0.1) is 15.9 Å². The van der Waals surface area contributed by atoms with Crippen molar-refractivity contribution in [1.29, 1.82) is 0 Å². The van der Waals surface area contributed by atoms with Crippen molar-refractivity contribution in [2.75, 3.05) is 20.6 Å². The van der Waals surface area contributed by atoms with Gasteiger partial charge in [-0.1, -0.05) is 13.8 Å². The fraction of sp³-hybridized carbons (Fsp3) is 1.00. The van der Waals surface area contributed by atoms with Crippen LogP contribution < -0.4 is 20.9 Å². The van der Waals surface area contributed by atoms with E-state index in [4.69, 9.17) is 0 Å². The molecule has 0 aliphatic carbocycles. The van der Waals surface area contributed by atoms with Crippen LogP contribution in [-0.4, -0.2) is 42.4 Å². The molecule has 92 valence electrons. The van der Waals surface area contributed by atoms with Crippen LogP contribution in [0.25, 0.3) is 0 Å². The van der Waals surface area contributed by atoms with Gasteiger partial charge in [-0.25, -0.2) is 0 Å². The molecule has 0 radical (unpaired) electrons. The Hall–Kier alpha value is 0.0569. The lowest BCUT2D eigenvalue weighted by Crippen LogP contribution is -2.78. The Kier molecular flexibility index (Phi) is 5.98. The number of hydrogen-bond donors (Lipinski definition) is 4. The van der Waals surface area contributed by atoms with Gasteiger partial charge in [0.25, 0.3) is 0 Å². The monoisotopic (exact) mass is 232 g/mol. The molecule has 15 heavy (non-hydrogen) atoms. The molecule has 0 atom stereocenters. The van der Waals surface area contributed by atoms with Gasteiger partial charge in [0.2, 0.25) is 0 Å². The Morgan fingerprint density at radius 2 is 1.60 bits per heavy atom. The molecule has 4 nitrogen and oxygen atoms in total. The van der Waals surface area contributed by atoms with E-state index in [-0.39, 0.29) is 11.3 Å². The Labute approximate surface area is 97.5 Å². The summed E-state index contributed by atoms with van der Waals surface area (Å²) >= 11 is 0. The van der Waals surface area contributed by atoms with Crippen LogP contribution in [0.1, 0.15) is 27.7 Å². The van der Waals surface area contributed by atoms with Crippen molar-refractivity contribution < 1.29 is 0 Å².